The van der Waals surface area contributed by atoms with E-state index in [1.54, 1.807) is 10.8 Å². The summed E-state index contributed by atoms with van der Waals surface area (Å²) in [7, 11) is 0. The van der Waals surface area contributed by atoms with Gasteiger partial charge in [0.15, 0.2) is 0 Å². The first-order valence-electron chi connectivity index (χ1n) is 11.4. The van der Waals surface area contributed by atoms with Crippen LogP contribution in [0.15, 0.2) is 47.4 Å². The van der Waals surface area contributed by atoms with E-state index in [4.69, 9.17) is 0 Å². The summed E-state index contributed by atoms with van der Waals surface area (Å²) in [5.74, 6) is 0.605. The lowest BCUT2D eigenvalue weighted by molar-refractivity contribution is 0.403. The molecule has 1 aromatic carbocycles. The highest BCUT2D eigenvalue weighted by atomic mass is 16.3. The molecule has 0 bridgehead atoms. The van der Waals surface area contributed by atoms with Crippen LogP contribution in [0.5, 0.6) is 5.88 Å². The molecule has 0 unspecified atom stereocenters. The highest BCUT2D eigenvalue weighted by molar-refractivity contribution is 5.78. The Hall–Kier alpha value is -3.75. The molecule has 3 heterocycles. The van der Waals surface area contributed by atoms with Gasteiger partial charge in [-0.3, -0.25) is 14.1 Å². The Bertz CT molecular complexity index is 1240. The van der Waals surface area contributed by atoms with Gasteiger partial charge in [0, 0.05) is 23.9 Å². The molecular weight excluding hydrogens is 418 g/mol. The second-order valence-electron chi connectivity index (χ2n) is 8.08. The van der Waals surface area contributed by atoms with Crippen molar-refractivity contribution in [2.45, 2.75) is 59.0 Å². The molecule has 2 N–H and O–H groups in total. The van der Waals surface area contributed by atoms with Crippen LogP contribution in [0, 0.1) is 0 Å². The van der Waals surface area contributed by atoms with Crippen molar-refractivity contribution in [3.63, 3.8) is 0 Å². The van der Waals surface area contributed by atoms with E-state index in [1.807, 2.05) is 36.4 Å². The van der Waals surface area contributed by atoms with Gasteiger partial charge in [0.2, 0.25) is 11.7 Å². The summed E-state index contributed by atoms with van der Waals surface area (Å²) in [4.78, 5) is 17.7. The second kappa shape index (κ2) is 10.2. The molecule has 0 saturated heterocycles. The van der Waals surface area contributed by atoms with Crippen LogP contribution < -0.4 is 5.69 Å². The molecular formula is C24H29N7O2. The minimum Gasteiger partial charge on any atom is -0.493 e. The van der Waals surface area contributed by atoms with Crippen LogP contribution in [0.4, 0.5) is 0 Å². The Morgan fingerprint density at radius 3 is 2.45 bits per heavy atom. The van der Waals surface area contributed by atoms with E-state index in [0.29, 0.717) is 31.0 Å². The number of hydrogen-bond acceptors (Lipinski definition) is 6. The maximum atomic E-state index is 13.1. The van der Waals surface area contributed by atoms with Crippen molar-refractivity contribution in [3.05, 3.63) is 64.3 Å². The zero-order valence-electron chi connectivity index (χ0n) is 19.0. The monoisotopic (exact) mass is 447 g/mol. The molecule has 4 rings (SSSR count). The van der Waals surface area contributed by atoms with E-state index in [-0.39, 0.29) is 11.6 Å². The summed E-state index contributed by atoms with van der Waals surface area (Å²) in [6.07, 6.45) is 6.15. The molecule has 9 nitrogen and oxygen atoms in total. The number of aromatic amines is 1. The Morgan fingerprint density at radius 1 is 1.00 bits per heavy atom. The molecule has 0 aliphatic rings. The molecule has 3 aromatic heterocycles. The molecule has 0 saturated carbocycles. The molecule has 0 fully saturated rings. The third-order valence-electron chi connectivity index (χ3n) is 5.76. The molecule has 172 valence electrons. The van der Waals surface area contributed by atoms with Gasteiger partial charge in [0.05, 0.1) is 17.9 Å². The largest absolute Gasteiger partial charge is 0.493 e. The Labute approximate surface area is 192 Å². The van der Waals surface area contributed by atoms with E-state index < -0.39 is 0 Å². The summed E-state index contributed by atoms with van der Waals surface area (Å²) < 4.78 is 3.18. The lowest BCUT2D eigenvalue weighted by atomic mass is 10.0. The van der Waals surface area contributed by atoms with E-state index in [0.717, 1.165) is 48.1 Å². The van der Waals surface area contributed by atoms with E-state index >= 15 is 0 Å². The van der Waals surface area contributed by atoms with Crippen LogP contribution in [0.3, 0.4) is 0 Å². The highest BCUT2D eigenvalue weighted by Gasteiger charge is 2.19. The molecule has 0 atom stereocenters. The summed E-state index contributed by atoms with van der Waals surface area (Å²) in [6.45, 7) is 5.06. The van der Waals surface area contributed by atoms with Crippen molar-refractivity contribution in [2.75, 3.05) is 0 Å². The smallest absolute Gasteiger partial charge is 0.331 e. The van der Waals surface area contributed by atoms with Crippen molar-refractivity contribution in [3.8, 4) is 28.5 Å². The number of H-pyrrole nitrogens is 1. The number of imidazole rings is 1. The van der Waals surface area contributed by atoms with Gasteiger partial charge in [-0.2, -0.15) is 5.21 Å². The third kappa shape index (κ3) is 4.72. The van der Waals surface area contributed by atoms with Crippen LogP contribution in [0.25, 0.3) is 22.6 Å². The number of benzene rings is 1. The maximum Gasteiger partial charge on any atom is 0.331 e. The molecule has 0 spiro atoms. The van der Waals surface area contributed by atoms with Crippen molar-refractivity contribution in [1.29, 1.82) is 0 Å². The van der Waals surface area contributed by atoms with Crippen LogP contribution in [0.2, 0.25) is 0 Å². The van der Waals surface area contributed by atoms with Gasteiger partial charge in [-0.15, -0.1) is 10.2 Å². The van der Waals surface area contributed by atoms with Gasteiger partial charge in [-0.1, -0.05) is 57.0 Å². The van der Waals surface area contributed by atoms with Gasteiger partial charge in [-0.25, -0.2) is 4.79 Å². The molecule has 0 amide bonds. The number of nitrogens with one attached hydrogen (secondary N) is 1. The fraction of sp³-hybridized carbons (Fsp3) is 0.375. The first kappa shape index (κ1) is 22.4. The fourth-order valence-corrected chi connectivity index (χ4v) is 3.94. The number of pyridine rings is 1. The summed E-state index contributed by atoms with van der Waals surface area (Å²) in [5, 5.41) is 25.0. The summed E-state index contributed by atoms with van der Waals surface area (Å²) in [5.41, 5.74) is 3.93. The van der Waals surface area contributed by atoms with Crippen molar-refractivity contribution < 1.29 is 5.11 Å². The molecule has 0 aliphatic heterocycles. The number of aromatic hydroxyl groups is 1. The van der Waals surface area contributed by atoms with Gasteiger partial charge in [-0.05, 0) is 36.1 Å². The van der Waals surface area contributed by atoms with Gasteiger partial charge < -0.3 is 5.11 Å². The number of unbranched alkanes of at least 4 members (excludes halogenated alkanes) is 2. The lowest BCUT2D eigenvalue weighted by Crippen LogP contribution is -2.25. The molecule has 0 radical (unpaired) electrons. The predicted molar refractivity (Wildman–Crippen MR) is 126 cm³/mol. The normalized spacial score (nSPS) is 11.2. The first-order valence-corrected chi connectivity index (χ1v) is 11.4. The Kier molecular flexibility index (Phi) is 6.97. The minimum atomic E-state index is -0.168. The van der Waals surface area contributed by atoms with E-state index in [9.17, 15) is 9.90 Å². The molecule has 9 heteroatoms. The van der Waals surface area contributed by atoms with Crippen molar-refractivity contribution in [1.82, 2.24) is 34.7 Å². The second-order valence-corrected chi connectivity index (χ2v) is 8.08. The summed E-state index contributed by atoms with van der Waals surface area (Å²) >= 11 is 0. The number of rotatable bonds is 10. The standard InChI is InChI=1S/C24H29N7O2/c1-3-5-11-21-23(32)30(14-6-4-2)24(33)31(21)16-17-12-13-20(25-15-17)18-9-7-8-10-19(18)22-26-28-29-27-22/h7-10,12-13,15,32H,3-6,11,14,16H2,1-2H3,(H,26,27,28,29). The summed E-state index contributed by atoms with van der Waals surface area (Å²) in [6, 6.07) is 11.6. The topological polar surface area (TPSA) is 115 Å². The number of tetrazole rings is 1. The van der Waals surface area contributed by atoms with Crippen molar-refractivity contribution in [2.24, 2.45) is 0 Å². The molecule has 4 aromatic rings. The molecule has 33 heavy (non-hydrogen) atoms. The van der Waals surface area contributed by atoms with Gasteiger partial charge >= 0.3 is 5.69 Å². The van der Waals surface area contributed by atoms with E-state index in [2.05, 4.69) is 39.5 Å². The predicted octanol–water partition coefficient (Wildman–Crippen LogP) is 3.79. The van der Waals surface area contributed by atoms with Crippen LogP contribution in [0.1, 0.15) is 50.8 Å². The molecule has 0 aliphatic carbocycles. The quantitative estimate of drug-likeness (QED) is 0.382. The van der Waals surface area contributed by atoms with Gasteiger partial charge in [0.1, 0.15) is 0 Å². The fourth-order valence-electron chi connectivity index (χ4n) is 3.94. The maximum absolute atomic E-state index is 13.1. The Balaban J connectivity index is 1.64. The van der Waals surface area contributed by atoms with Crippen LogP contribution in [-0.2, 0) is 19.5 Å². The lowest BCUT2D eigenvalue weighted by Gasteiger charge is -2.09. The average molecular weight is 448 g/mol. The van der Waals surface area contributed by atoms with Gasteiger partial charge in [0.25, 0.3) is 0 Å². The zero-order chi connectivity index (χ0) is 23.2. The number of aromatic nitrogens is 7. The number of nitrogens with zero attached hydrogens (tertiary/aromatic N) is 6. The average Bonchev–Trinajstić information content (AvgIpc) is 3.45. The van der Waals surface area contributed by atoms with E-state index in [1.165, 1.54) is 4.57 Å². The Morgan fingerprint density at radius 2 is 1.79 bits per heavy atom. The van der Waals surface area contributed by atoms with Crippen LogP contribution >= 0.6 is 0 Å². The minimum absolute atomic E-state index is 0.0977. The SMILES string of the molecule is CCCCc1c(O)n(CCCC)c(=O)n1Cc1ccc(-c2ccccc2-c2nn[nH]n2)nc1. The zero-order valence-corrected chi connectivity index (χ0v) is 19.0. The first-order chi connectivity index (χ1) is 16.1. The highest BCUT2D eigenvalue weighted by Crippen LogP contribution is 2.28. The number of hydrogen-bond donors (Lipinski definition) is 2. The third-order valence-corrected chi connectivity index (χ3v) is 5.76. The van der Waals surface area contributed by atoms with Crippen LogP contribution in [-0.4, -0.2) is 39.8 Å². The van der Waals surface area contributed by atoms with Crippen molar-refractivity contribution >= 4 is 0 Å².